The Kier molecular flexibility index (Phi) is 4.43. The number of rotatable bonds is 5. The molecule has 1 unspecified atom stereocenters. The molecule has 0 fully saturated rings. The number of H-pyrrole nitrogens is 1. The molecular weight excluding hydrogens is 267 g/mol. The molecule has 0 aliphatic rings. The second kappa shape index (κ2) is 6.65. The highest BCUT2D eigenvalue weighted by atomic mass is 14.9. The number of aryl methyl sites for hydroxylation is 2. The topological polar surface area (TPSA) is 28.7 Å². The summed E-state index contributed by atoms with van der Waals surface area (Å²) in [6, 6.07) is 17.6. The van der Waals surface area contributed by atoms with Crippen molar-refractivity contribution in [1.29, 1.82) is 0 Å². The fourth-order valence-corrected chi connectivity index (χ4v) is 2.99. The van der Waals surface area contributed by atoms with Gasteiger partial charge in [-0.2, -0.15) is 0 Å². The van der Waals surface area contributed by atoms with E-state index >= 15 is 0 Å². The third-order valence-corrected chi connectivity index (χ3v) is 4.27. The van der Waals surface area contributed by atoms with Crippen molar-refractivity contribution in [3.8, 4) is 0 Å². The Hall–Kier alpha value is -2.29. The maximum absolute atomic E-state index is 4.36. The molecule has 1 heterocycles. The van der Waals surface area contributed by atoms with Crippen LogP contribution in [0.15, 0.2) is 60.9 Å². The molecule has 0 bridgehead atoms. The summed E-state index contributed by atoms with van der Waals surface area (Å²) in [4.78, 5) is 7.56. The number of benzene rings is 2. The molecule has 0 spiro atoms. The quantitative estimate of drug-likeness (QED) is 0.717. The minimum Gasteiger partial charge on any atom is -0.357 e. The van der Waals surface area contributed by atoms with Gasteiger partial charge in [-0.15, -0.1) is 0 Å². The zero-order valence-electron chi connectivity index (χ0n) is 13.2. The van der Waals surface area contributed by atoms with E-state index in [4.69, 9.17) is 0 Å². The van der Waals surface area contributed by atoms with E-state index in [0.29, 0.717) is 5.92 Å². The lowest BCUT2D eigenvalue weighted by atomic mass is 9.65. The van der Waals surface area contributed by atoms with Gasteiger partial charge in [-0.3, -0.25) is 4.98 Å². The molecule has 2 aromatic carbocycles. The minimum absolute atomic E-state index is 0.409. The van der Waals surface area contributed by atoms with Crippen LogP contribution in [-0.4, -0.2) is 17.2 Å². The predicted molar refractivity (Wildman–Crippen MR) is 94.4 cm³/mol. The van der Waals surface area contributed by atoms with Gasteiger partial charge in [-0.25, -0.2) is 0 Å². The number of nitrogens with zero attached hydrogens (tertiary/aromatic N) is 1. The van der Waals surface area contributed by atoms with Gasteiger partial charge in [-0.1, -0.05) is 60.4 Å². The highest BCUT2D eigenvalue weighted by Crippen LogP contribution is 2.30. The van der Waals surface area contributed by atoms with Gasteiger partial charge in [0.1, 0.15) is 0 Å². The molecular formula is C19H21BN2. The zero-order chi connectivity index (χ0) is 15.4. The Morgan fingerprint density at radius 1 is 1.05 bits per heavy atom. The first-order chi connectivity index (χ1) is 10.7. The molecule has 0 saturated heterocycles. The van der Waals surface area contributed by atoms with Crippen molar-refractivity contribution >= 4 is 13.0 Å². The minimum atomic E-state index is 0.409. The third kappa shape index (κ3) is 3.30. The number of aromatic amines is 1. The molecule has 3 aromatic rings. The van der Waals surface area contributed by atoms with Crippen molar-refractivity contribution in [2.75, 3.05) is 0 Å². The summed E-state index contributed by atoms with van der Waals surface area (Å²) in [5.41, 5.74) is 6.51. The fourth-order valence-electron chi connectivity index (χ4n) is 2.99. The summed E-state index contributed by atoms with van der Waals surface area (Å²) in [5.74, 6) is 0.409. The van der Waals surface area contributed by atoms with Crippen molar-refractivity contribution in [3.05, 3.63) is 83.2 Å². The number of aromatic nitrogens is 2. The Labute approximate surface area is 132 Å². The van der Waals surface area contributed by atoms with Gasteiger partial charge in [0.25, 0.3) is 0 Å². The number of nitrogens with one attached hydrogen (secondary N) is 1. The lowest BCUT2D eigenvalue weighted by Crippen LogP contribution is -2.20. The van der Waals surface area contributed by atoms with Gasteiger partial charge in [-0.05, 0) is 30.5 Å². The highest BCUT2D eigenvalue weighted by molar-refractivity contribution is 6.51. The molecule has 1 atom stereocenters. The van der Waals surface area contributed by atoms with E-state index in [2.05, 4.69) is 72.3 Å². The summed E-state index contributed by atoms with van der Waals surface area (Å²) < 4.78 is 0. The largest absolute Gasteiger partial charge is 0.357 e. The van der Waals surface area contributed by atoms with Crippen molar-refractivity contribution in [1.82, 2.24) is 9.97 Å². The van der Waals surface area contributed by atoms with Crippen molar-refractivity contribution < 1.29 is 0 Å². The highest BCUT2D eigenvalue weighted by Gasteiger charge is 2.17. The third-order valence-electron chi connectivity index (χ3n) is 4.27. The Morgan fingerprint density at radius 3 is 2.50 bits per heavy atom. The summed E-state index contributed by atoms with van der Waals surface area (Å²) in [7, 11) is 0.958. The predicted octanol–water partition coefficient (Wildman–Crippen LogP) is 3.34. The first-order valence-corrected chi connectivity index (χ1v) is 7.84. The van der Waals surface area contributed by atoms with E-state index in [1.165, 1.54) is 22.3 Å². The van der Waals surface area contributed by atoms with Crippen molar-refractivity contribution in [2.45, 2.75) is 26.1 Å². The average Bonchev–Trinajstić information content (AvgIpc) is 3.04. The van der Waals surface area contributed by atoms with Gasteiger partial charge < -0.3 is 4.98 Å². The van der Waals surface area contributed by atoms with Crippen LogP contribution in [-0.2, 0) is 0 Å². The van der Waals surface area contributed by atoms with Crippen LogP contribution in [0.25, 0.3) is 0 Å². The standard InChI is InChI=1S/C19H21BN2/c1-14-7-9-16(10-8-14)18(13-20-19-21-11-12-22-19)17-6-4-3-5-15(17)2/h3-12,18,20H,13H2,1-2H3,(H,21,22). The van der Waals surface area contributed by atoms with Gasteiger partial charge in [0.2, 0.25) is 7.28 Å². The first kappa shape index (κ1) is 14.6. The average molecular weight is 288 g/mol. The van der Waals surface area contributed by atoms with Gasteiger partial charge in [0.15, 0.2) is 0 Å². The van der Waals surface area contributed by atoms with Crippen LogP contribution in [0.2, 0.25) is 6.32 Å². The normalized spacial score (nSPS) is 12.1. The van der Waals surface area contributed by atoms with Crippen LogP contribution in [0.4, 0.5) is 0 Å². The van der Waals surface area contributed by atoms with Gasteiger partial charge in [0.05, 0.1) is 5.72 Å². The SMILES string of the molecule is Cc1ccc(C(CBc2ncc[nH]2)c2ccccc2C)cc1. The monoisotopic (exact) mass is 288 g/mol. The Morgan fingerprint density at radius 2 is 1.82 bits per heavy atom. The molecule has 22 heavy (non-hydrogen) atoms. The molecule has 1 N–H and O–H groups in total. The van der Waals surface area contributed by atoms with Crippen molar-refractivity contribution in [2.24, 2.45) is 0 Å². The molecule has 2 nitrogen and oxygen atoms in total. The summed E-state index contributed by atoms with van der Waals surface area (Å²) >= 11 is 0. The lowest BCUT2D eigenvalue weighted by Gasteiger charge is -2.20. The summed E-state index contributed by atoms with van der Waals surface area (Å²) in [5, 5.41) is 0. The molecule has 0 aliphatic heterocycles. The molecule has 1 aromatic heterocycles. The molecule has 0 radical (unpaired) electrons. The van der Waals surface area contributed by atoms with Crippen LogP contribution in [0.3, 0.4) is 0 Å². The molecule has 110 valence electrons. The van der Waals surface area contributed by atoms with Crippen molar-refractivity contribution in [3.63, 3.8) is 0 Å². The summed E-state index contributed by atoms with van der Waals surface area (Å²) in [6.07, 6.45) is 4.77. The van der Waals surface area contributed by atoms with E-state index in [-0.39, 0.29) is 0 Å². The van der Waals surface area contributed by atoms with E-state index in [1.54, 1.807) is 0 Å². The second-order valence-electron chi connectivity index (χ2n) is 5.89. The zero-order valence-corrected chi connectivity index (χ0v) is 13.2. The Bertz CT molecular complexity index is 717. The maximum atomic E-state index is 4.36. The number of hydrogen-bond acceptors (Lipinski definition) is 1. The molecule has 3 heteroatoms. The number of hydrogen-bond donors (Lipinski definition) is 1. The van der Waals surface area contributed by atoms with E-state index in [0.717, 1.165) is 19.3 Å². The second-order valence-corrected chi connectivity index (χ2v) is 5.89. The molecule has 3 rings (SSSR count). The first-order valence-electron chi connectivity index (χ1n) is 7.84. The van der Waals surface area contributed by atoms with E-state index in [9.17, 15) is 0 Å². The van der Waals surface area contributed by atoms with E-state index in [1.807, 2.05) is 12.4 Å². The van der Waals surface area contributed by atoms with Crippen LogP contribution in [0.1, 0.15) is 28.2 Å². The van der Waals surface area contributed by atoms with Crippen LogP contribution >= 0.6 is 0 Å². The molecule has 0 amide bonds. The van der Waals surface area contributed by atoms with Crippen LogP contribution in [0.5, 0.6) is 0 Å². The van der Waals surface area contributed by atoms with E-state index < -0.39 is 0 Å². The fraction of sp³-hybridized carbons (Fsp3) is 0.211. The lowest BCUT2D eigenvalue weighted by molar-refractivity contribution is 0.902. The molecule has 0 saturated carbocycles. The molecule has 0 aliphatic carbocycles. The van der Waals surface area contributed by atoms with Gasteiger partial charge in [0, 0.05) is 18.3 Å². The number of imidazole rings is 1. The smallest absolute Gasteiger partial charge is 0.205 e. The van der Waals surface area contributed by atoms with Crippen LogP contribution in [0, 0.1) is 13.8 Å². The van der Waals surface area contributed by atoms with Gasteiger partial charge >= 0.3 is 0 Å². The van der Waals surface area contributed by atoms with Crippen LogP contribution < -0.4 is 5.72 Å². The summed E-state index contributed by atoms with van der Waals surface area (Å²) in [6.45, 7) is 4.33. The Balaban J connectivity index is 1.91. The maximum Gasteiger partial charge on any atom is 0.205 e.